The monoisotopic (exact) mass is 2380 g/mol. The van der Waals surface area contributed by atoms with E-state index in [4.69, 9.17) is 0 Å². The van der Waals surface area contributed by atoms with Crippen molar-refractivity contribution in [2.75, 3.05) is 0 Å². The number of hydrogen-bond acceptors (Lipinski definition) is 8. The van der Waals surface area contributed by atoms with E-state index in [2.05, 4.69) is 205 Å². The summed E-state index contributed by atoms with van der Waals surface area (Å²) in [6, 6.07) is 167. The summed E-state index contributed by atoms with van der Waals surface area (Å²) in [6.07, 6.45) is 9.17. The maximum Gasteiger partial charge on any atom is 0.0266 e. The molecule has 0 aliphatic heterocycles. The summed E-state index contributed by atoms with van der Waals surface area (Å²) in [5.41, 5.74) is 31.1. The third-order valence-electron chi connectivity index (χ3n) is 19.2. The Hall–Kier alpha value is -13.6. The van der Waals surface area contributed by atoms with Gasteiger partial charge in [-0.05, 0) is 134 Å². The van der Waals surface area contributed by atoms with Crippen molar-refractivity contribution in [2.45, 2.75) is 34.6 Å². The third kappa shape index (κ3) is 32.1. The Balaban J connectivity index is 0.000000167. The van der Waals surface area contributed by atoms with E-state index >= 15 is 0 Å². The maximum atomic E-state index is 4.49. The second-order valence-electron chi connectivity index (χ2n) is 28.6. The minimum Gasteiger partial charge on any atom is -0.305 e. The molecule has 0 fully saturated rings. The zero-order valence-corrected chi connectivity index (χ0v) is 81.3. The molecule has 8 aromatic heterocycles. The van der Waals surface area contributed by atoms with Gasteiger partial charge in [-0.3, -0.25) is 0 Å². The fourth-order valence-electron chi connectivity index (χ4n) is 12.8. The topological polar surface area (TPSA) is 103 Å². The molecule has 12 heteroatoms. The van der Waals surface area contributed by atoms with Crippen molar-refractivity contribution < 1.29 is 80.4 Å². The van der Waals surface area contributed by atoms with Gasteiger partial charge >= 0.3 is 0 Å². The fourth-order valence-corrected chi connectivity index (χ4v) is 12.8. The van der Waals surface area contributed by atoms with Gasteiger partial charge in [-0.1, -0.05) is 251 Å². The zero-order chi connectivity index (χ0) is 86.1. The summed E-state index contributed by atoms with van der Waals surface area (Å²) < 4.78 is 0. The summed E-state index contributed by atoms with van der Waals surface area (Å²) in [6.45, 7) is 10.1. The molecule has 4 radical (unpaired) electrons. The average molecular weight is 2380 g/mol. The van der Waals surface area contributed by atoms with E-state index in [9.17, 15) is 0 Å². The average Bonchev–Trinajstić information content (AvgIpc) is 0.847. The normalized spacial score (nSPS) is 9.81. The second-order valence-corrected chi connectivity index (χ2v) is 28.6. The molecule has 8 nitrogen and oxygen atoms in total. The molecule has 0 saturated carbocycles. The summed E-state index contributed by atoms with van der Waals surface area (Å²) in [5, 5.41) is 0. The van der Waals surface area contributed by atoms with Crippen molar-refractivity contribution in [3.05, 3.63) is 532 Å². The maximum absolute atomic E-state index is 4.49. The van der Waals surface area contributed by atoms with Gasteiger partial charge in [0.1, 0.15) is 0 Å². The van der Waals surface area contributed by atoms with Crippen LogP contribution in [0.25, 0.3) is 135 Å². The predicted octanol–water partition coefficient (Wildman–Crippen LogP) is 28.6. The van der Waals surface area contributed by atoms with Gasteiger partial charge in [0.25, 0.3) is 0 Å². The van der Waals surface area contributed by atoms with Crippen molar-refractivity contribution in [1.82, 2.24) is 39.9 Å². The molecule has 0 spiro atoms. The fraction of sp³-hybridized carbons (Fsp3) is 0.0427. The van der Waals surface area contributed by atoms with E-state index in [1.165, 1.54) is 50.1 Å². The van der Waals surface area contributed by atoms with E-state index in [0.29, 0.717) is 0 Å². The minimum absolute atomic E-state index is 0. The Morgan fingerprint density at radius 2 is 0.426 bits per heavy atom. The van der Waals surface area contributed by atoms with Gasteiger partial charge in [-0.2, -0.15) is 0 Å². The number of aryl methyl sites for hydroxylation is 5. The van der Waals surface area contributed by atoms with Crippen LogP contribution in [0.5, 0.6) is 0 Å². The van der Waals surface area contributed by atoms with Gasteiger partial charge in [-0.15, -0.1) is 269 Å². The van der Waals surface area contributed by atoms with Crippen LogP contribution in [-0.2, 0) is 80.4 Å². The standard InChI is InChI=1S/2C18H14N.2C17H12N.3C12H10N.C11H8N.4Ir/c2*1-14-11-12-19-18(13-14)17-9-7-16(8-10-17)15-5-3-2-4-6-15;1-3-7-14(8-4-1)16-11-12-17(18-13-16)15-9-5-2-6-10-15;1-2-6-14(7-3-1)15-9-11-16(12-10-15)17-8-4-5-13-18-17;3*1-10-6-5-9-12(13-10)11-7-3-2-4-8-11;1-2-6-10(7-3-1)11-8-4-5-9-12-11;;;;/h2*2-9,11-13H,1H3;1-9,11-13H;1-11,13H;3*2-7,9H,1H3;1-6,8-9H;;;;/q8*-1;;;;. The van der Waals surface area contributed by atoms with Crippen LogP contribution in [-0.4, -0.2) is 39.9 Å². The van der Waals surface area contributed by atoms with Crippen LogP contribution in [0.15, 0.2) is 456 Å². The van der Waals surface area contributed by atoms with Crippen LogP contribution < -0.4 is 0 Å². The molecule has 0 aliphatic rings. The SMILES string of the molecule is Cc1cccc(-c2[c-]cccc2)n1.Cc1cccc(-c2[c-]cccc2)n1.Cc1cccc(-c2[c-]cccc2)n1.Cc1ccnc(-c2[c-]cc(-c3ccccc3)cc2)c1.Cc1ccnc(-c2[c-]cc(-c3ccccc3)cc2)c1.[Ir].[Ir].[Ir].[Ir].[c-]1cc(-c2ccccc2)ccc1-c1ccccn1.[c-]1ccccc1-c1ccc(-c2ccccc2)cn1.[c-]1ccccc1-c1ccccn1. The first kappa shape index (κ1) is 99.2. The van der Waals surface area contributed by atoms with Gasteiger partial charge in [-0.25, -0.2) is 0 Å². The zero-order valence-electron chi connectivity index (χ0n) is 71.7. The van der Waals surface area contributed by atoms with Crippen LogP contribution in [0, 0.1) is 83.1 Å². The first-order chi connectivity index (χ1) is 61.6. The molecule has 0 saturated heterocycles. The number of hydrogen-bond donors (Lipinski definition) is 0. The summed E-state index contributed by atoms with van der Waals surface area (Å²) in [7, 11) is 0. The molecule has 129 heavy (non-hydrogen) atoms. The number of aromatic nitrogens is 8. The molecule has 12 aromatic carbocycles. The summed E-state index contributed by atoms with van der Waals surface area (Å²) in [5.74, 6) is 0. The van der Waals surface area contributed by atoms with Crippen molar-refractivity contribution in [3.63, 3.8) is 0 Å². The van der Waals surface area contributed by atoms with Crippen molar-refractivity contribution >= 4 is 0 Å². The number of benzene rings is 12. The van der Waals surface area contributed by atoms with E-state index < -0.39 is 0 Å². The number of nitrogens with zero attached hydrogens (tertiary/aromatic N) is 8. The molecule has 642 valence electrons. The Morgan fingerprint density at radius 1 is 0.171 bits per heavy atom. The summed E-state index contributed by atoms with van der Waals surface area (Å²) in [4.78, 5) is 35.0. The Morgan fingerprint density at radius 3 is 0.682 bits per heavy atom. The molecule has 8 heterocycles. The molecule has 0 N–H and O–H groups in total. The molecule has 0 amide bonds. The first-order valence-corrected chi connectivity index (χ1v) is 41.2. The molecular formula is C117H90Ir4N8-8. The van der Waals surface area contributed by atoms with Crippen molar-refractivity contribution in [2.24, 2.45) is 0 Å². The molecule has 20 aromatic rings. The predicted molar refractivity (Wildman–Crippen MR) is 514 cm³/mol. The minimum atomic E-state index is 0. The quantitative estimate of drug-likeness (QED) is 0.111. The van der Waals surface area contributed by atoms with Crippen LogP contribution in [0.4, 0.5) is 0 Å². The number of pyridine rings is 8. The van der Waals surface area contributed by atoms with E-state index in [1.54, 1.807) is 12.4 Å². The van der Waals surface area contributed by atoms with Gasteiger partial charge in [0.15, 0.2) is 0 Å². The second kappa shape index (κ2) is 54.5. The molecule has 0 bridgehead atoms. The van der Waals surface area contributed by atoms with E-state index in [0.717, 1.165) is 113 Å². The molecule has 0 unspecified atom stereocenters. The van der Waals surface area contributed by atoms with Gasteiger partial charge in [0.05, 0.1) is 0 Å². The van der Waals surface area contributed by atoms with Gasteiger partial charge < -0.3 is 39.9 Å². The van der Waals surface area contributed by atoms with Crippen LogP contribution in [0.1, 0.15) is 28.2 Å². The molecule has 20 rings (SSSR count). The Labute approximate surface area is 814 Å². The number of rotatable bonds is 12. The largest absolute Gasteiger partial charge is 0.305 e. The van der Waals surface area contributed by atoms with Crippen LogP contribution in [0.2, 0.25) is 0 Å². The first-order valence-electron chi connectivity index (χ1n) is 41.2. The Kier molecular flexibility index (Phi) is 41.9. The van der Waals surface area contributed by atoms with E-state index in [-0.39, 0.29) is 80.4 Å². The van der Waals surface area contributed by atoms with Crippen LogP contribution >= 0.6 is 0 Å². The molecule has 0 atom stereocenters. The summed E-state index contributed by atoms with van der Waals surface area (Å²) >= 11 is 0. The van der Waals surface area contributed by atoms with Crippen molar-refractivity contribution in [3.8, 4) is 135 Å². The van der Waals surface area contributed by atoms with E-state index in [1.807, 2.05) is 361 Å². The Bertz CT molecular complexity index is 5910. The smallest absolute Gasteiger partial charge is 0.0266 e. The van der Waals surface area contributed by atoms with Gasteiger partial charge in [0.2, 0.25) is 0 Å². The molecule has 0 aliphatic carbocycles. The molecular weight excluding hydrogens is 2290 g/mol. The van der Waals surface area contributed by atoms with Crippen molar-refractivity contribution in [1.29, 1.82) is 0 Å². The van der Waals surface area contributed by atoms with Crippen LogP contribution in [0.3, 0.4) is 0 Å². The van der Waals surface area contributed by atoms with Gasteiger partial charge in [0, 0.05) is 128 Å². The third-order valence-corrected chi connectivity index (χ3v) is 19.2.